The van der Waals surface area contributed by atoms with E-state index in [0.717, 1.165) is 26.1 Å². The average Bonchev–Trinajstić information content (AvgIpc) is 2.18. The molecule has 0 N–H and O–H groups in total. The molecule has 0 amide bonds. The van der Waals surface area contributed by atoms with E-state index < -0.39 is 10.0 Å². The highest BCUT2D eigenvalue weighted by atomic mass is 32.2. The van der Waals surface area contributed by atoms with Gasteiger partial charge in [0.05, 0.1) is 12.8 Å². The van der Waals surface area contributed by atoms with Crippen LogP contribution in [0.3, 0.4) is 0 Å². The first-order valence-electron chi connectivity index (χ1n) is 5.17. The first-order valence-corrected chi connectivity index (χ1v) is 7.02. The van der Waals surface area contributed by atoms with Gasteiger partial charge in [0.15, 0.2) is 0 Å². The van der Waals surface area contributed by atoms with E-state index in [-0.39, 0.29) is 0 Å². The topological polar surface area (TPSA) is 40.6 Å². The predicted octanol–water partition coefficient (Wildman–Crippen LogP) is -0.0230. The number of hydrogen-bond donors (Lipinski definition) is 0. The van der Waals surface area contributed by atoms with Crippen molar-refractivity contribution in [1.29, 1.82) is 0 Å². The van der Waals surface area contributed by atoms with Gasteiger partial charge in [-0.3, -0.25) is 4.90 Å². The summed E-state index contributed by atoms with van der Waals surface area (Å²) < 4.78 is 24.0. The van der Waals surface area contributed by atoms with Gasteiger partial charge in [0.2, 0.25) is 10.0 Å². The van der Waals surface area contributed by atoms with E-state index in [9.17, 15) is 8.42 Å². The van der Waals surface area contributed by atoms with Crippen molar-refractivity contribution in [2.45, 2.75) is 13.3 Å². The summed E-state index contributed by atoms with van der Waals surface area (Å²) in [6.07, 6.45) is 2.14. The summed E-state index contributed by atoms with van der Waals surface area (Å²) in [4.78, 5) is 2.18. The SMILES string of the molecule is CCC#CCN1CCN(S(C)(=O)=O)CC1. The maximum Gasteiger partial charge on any atom is 0.211 e. The van der Waals surface area contributed by atoms with Gasteiger partial charge in [0, 0.05) is 32.6 Å². The van der Waals surface area contributed by atoms with Crippen LogP contribution in [0.25, 0.3) is 0 Å². The third-order valence-corrected chi connectivity index (χ3v) is 3.71. The molecule has 86 valence electrons. The summed E-state index contributed by atoms with van der Waals surface area (Å²) in [5, 5.41) is 0. The number of sulfonamides is 1. The fourth-order valence-electron chi connectivity index (χ4n) is 1.51. The van der Waals surface area contributed by atoms with Crippen LogP contribution in [-0.2, 0) is 10.0 Å². The molecule has 15 heavy (non-hydrogen) atoms. The Bertz CT molecular complexity index is 345. The monoisotopic (exact) mass is 230 g/mol. The van der Waals surface area contributed by atoms with Crippen LogP contribution in [0.5, 0.6) is 0 Å². The first-order chi connectivity index (χ1) is 7.04. The maximum atomic E-state index is 11.2. The van der Waals surface area contributed by atoms with Crippen molar-refractivity contribution in [3.8, 4) is 11.8 Å². The number of piperazine rings is 1. The Kier molecular flexibility index (Phi) is 4.58. The maximum absolute atomic E-state index is 11.2. The third kappa shape index (κ3) is 4.20. The van der Waals surface area contributed by atoms with Crippen LogP contribution in [-0.4, -0.2) is 56.6 Å². The van der Waals surface area contributed by atoms with Crippen molar-refractivity contribution in [3.63, 3.8) is 0 Å². The Hall–Kier alpha value is -0.570. The summed E-state index contributed by atoms with van der Waals surface area (Å²) in [5.74, 6) is 6.08. The lowest BCUT2D eigenvalue weighted by atomic mass is 10.3. The largest absolute Gasteiger partial charge is 0.290 e. The van der Waals surface area contributed by atoms with Crippen LogP contribution in [0.1, 0.15) is 13.3 Å². The number of rotatable bonds is 2. The molecule has 1 saturated heterocycles. The summed E-state index contributed by atoms with van der Waals surface area (Å²) in [6.45, 7) is 5.52. The van der Waals surface area contributed by atoms with Gasteiger partial charge in [-0.05, 0) is 0 Å². The average molecular weight is 230 g/mol. The van der Waals surface area contributed by atoms with Crippen LogP contribution < -0.4 is 0 Å². The molecule has 5 heteroatoms. The van der Waals surface area contributed by atoms with E-state index in [1.807, 2.05) is 6.92 Å². The van der Waals surface area contributed by atoms with E-state index in [1.54, 1.807) is 0 Å². The molecule has 4 nitrogen and oxygen atoms in total. The summed E-state index contributed by atoms with van der Waals surface area (Å²) in [7, 11) is -3.00. The van der Waals surface area contributed by atoms with Crippen LogP contribution in [0.2, 0.25) is 0 Å². The van der Waals surface area contributed by atoms with Gasteiger partial charge in [-0.15, -0.1) is 5.92 Å². The van der Waals surface area contributed by atoms with Crippen LogP contribution >= 0.6 is 0 Å². The number of nitrogens with zero attached hydrogens (tertiary/aromatic N) is 2. The summed E-state index contributed by atoms with van der Waals surface area (Å²) in [6, 6.07) is 0. The minimum Gasteiger partial charge on any atom is -0.290 e. The highest BCUT2D eigenvalue weighted by molar-refractivity contribution is 7.88. The Labute approximate surface area is 92.3 Å². The van der Waals surface area contributed by atoms with Crippen molar-refractivity contribution in [2.75, 3.05) is 39.0 Å². The molecular weight excluding hydrogens is 212 g/mol. The van der Waals surface area contributed by atoms with E-state index in [4.69, 9.17) is 0 Å². The number of hydrogen-bond acceptors (Lipinski definition) is 3. The Morgan fingerprint density at radius 3 is 2.20 bits per heavy atom. The second-order valence-corrected chi connectivity index (χ2v) is 5.63. The van der Waals surface area contributed by atoms with Gasteiger partial charge in [0.1, 0.15) is 0 Å². The summed E-state index contributed by atoms with van der Waals surface area (Å²) >= 11 is 0. The fourth-order valence-corrected chi connectivity index (χ4v) is 2.34. The predicted molar refractivity (Wildman–Crippen MR) is 60.9 cm³/mol. The van der Waals surface area contributed by atoms with Crippen LogP contribution in [0.15, 0.2) is 0 Å². The molecule has 1 fully saturated rings. The Morgan fingerprint density at radius 2 is 1.73 bits per heavy atom. The van der Waals surface area contributed by atoms with E-state index >= 15 is 0 Å². The molecule has 0 spiro atoms. The normalized spacial score (nSPS) is 19.6. The lowest BCUT2D eigenvalue weighted by molar-refractivity contribution is 0.207. The first kappa shape index (κ1) is 12.5. The Balaban J connectivity index is 2.36. The van der Waals surface area contributed by atoms with Crippen molar-refractivity contribution in [2.24, 2.45) is 0 Å². The molecule has 0 saturated carbocycles. The summed E-state index contributed by atoms with van der Waals surface area (Å²) in [5.41, 5.74) is 0. The van der Waals surface area contributed by atoms with Crippen molar-refractivity contribution < 1.29 is 8.42 Å². The van der Waals surface area contributed by atoms with Gasteiger partial charge in [0.25, 0.3) is 0 Å². The van der Waals surface area contributed by atoms with Gasteiger partial charge >= 0.3 is 0 Å². The second kappa shape index (κ2) is 5.50. The zero-order valence-corrected chi connectivity index (χ0v) is 10.2. The minimum absolute atomic E-state index is 0.590. The minimum atomic E-state index is -3.00. The molecule has 1 rings (SSSR count). The lowest BCUT2D eigenvalue weighted by Crippen LogP contribution is -2.48. The van der Waals surface area contributed by atoms with Crippen LogP contribution in [0, 0.1) is 11.8 Å². The second-order valence-electron chi connectivity index (χ2n) is 3.65. The molecule has 0 bridgehead atoms. The molecule has 0 atom stereocenters. The molecule has 0 unspecified atom stereocenters. The third-order valence-electron chi connectivity index (χ3n) is 2.40. The molecule has 0 aromatic heterocycles. The molecule has 0 radical (unpaired) electrons. The zero-order valence-electron chi connectivity index (χ0n) is 9.36. The van der Waals surface area contributed by atoms with Crippen molar-refractivity contribution in [3.05, 3.63) is 0 Å². The molecule has 1 aliphatic rings. The van der Waals surface area contributed by atoms with Gasteiger partial charge in [-0.2, -0.15) is 4.31 Å². The smallest absolute Gasteiger partial charge is 0.211 e. The molecular formula is C10H18N2O2S. The van der Waals surface area contributed by atoms with E-state index in [1.165, 1.54) is 10.6 Å². The lowest BCUT2D eigenvalue weighted by Gasteiger charge is -2.31. The molecule has 0 aromatic rings. The molecule has 1 heterocycles. The van der Waals surface area contributed by atoms with E-state index in [0.29, 0.717) is 13.1 Å². The quantitative estimate of drug-likeness (QED) is 0.626. The molecule has 0 aliphatic carbocycles. The Morgan fingerprint density at radius 1 is 1.13 bits per heavy atom. The standard InChI is InChI=1S/C10H18N2O2S/c1-3-4-5-6-11-7-9-12(10-8-11)15(2,13)14/h3,6-10H2,1-2H3. The van der Waals surface area contributed by atoms with Gasteiger partial charge in [-0.1, -0.05) is 12.8 Å². The zero-order chi connectivity index (χ0) is 11.3. The van der Waals surface area contributed by atoms with Gasteiger partial charge < -0.3 is 0 Å². The highest BCUT2D eigenvalue weighted by Gasteiger charge is 2.22. The van der Waals surface area contributed by atoms with E-state index in [2.05, 4.69) is 16.7 Å². The molecule has 0 aromatic carbocycles. The fraction of sp³-hybridized carbons (Fsp3) is 0.800. The van der Waals surface area contributed by atoms with Crippen molar-refractivity contribution in [1.82, 2.24) is 9.21 Å². The molecule has 1 aliphatic heterocycles. The van der Waals surface area contributed by atoms with Crippen LogP contribution in [0.4, 0.5) is 0 Å². The van der Waals surface area contributed by atoms with Crippen molar-refractivity contribution >= 4 is 10.0 Å². The van der Waals surface area contributed by atoms with Gasteiger partial charge in [-0.25, -0.2) is 8.42 Å². The highest BCUT2D eigenvalue weighted by Crippen LogP contribution is 2.04.